The number of carbonyl (C=O) groups excluding carboxylic acids is 2. The lowest BCUT2D eigenvalue weighted by Crippen LogP contribution is -2.37. The molecule has 1 unspecified atom stereocenters. The molecule has 4 rings (SSSR count). The molecule has 0 bridgehead atoms. The standard InChI is InChI=1S/C26H26N2O3/c1-18(20-12-11-19-7-5-6-8-21(19)17-20)27-25(29)26(30)28-22-13-15-24(16-14-22)31-23-9-3-2-4-10-23/h2-4,9-18H,5-8H2,1H3,(H,27,29)(H,28,30). The number of para-hydroxylation sites is 1. The lowest BCUT2D eigenvalue weighted by atomic mass is 9.89. The smallest absolute Gasteiger partial charge is 0.313 e. The van der Waals surface area contributed by atoms with Crippen LogP contribution in [0, 0.1) is 0 Å². The van der Waals surface area contributed by atoms with Gasteiger partial charge in [-0.2, -0.15) is 0 Å². The molecule has 3 aromatic rings. The number of fused-ring (bicyclic) bond motifs is 1. The topological polar surface area (TPSA) is 67.4 Å². The summed E-state index contributed by atoms with van der Waals surface area (Å²) in [5, 5.41) is 5.42. The van der Waals surface area contributed by atoms with Gasteiger partial charge in [0.15, 0.2) is 0 Å². The first-order valence-electron chi connectivity index (χ1n) is 10.6. The number of anilines is 1. The molecule has 5 heteroatoms. The largest absolute Gasteiger partial charge is 0.457 e. The molecule has 0 aliphatic heterocycles. The molecule has 0 saturated heterocycles. The molecule has 1 aliphatic rings. The molecule has 5 nitrogen and oxygen atoms in total. The third-order valence-corrected chi connectivity index (χ3v) is 5.52. The molecule has 3 aromatic carbocycles. The predicted octanol–water partition coefficient (Wildman–Crippen LogP) is 5.17. The second kappa shape index (κ2) is 9.47. The Morgan fingerprint density at radius 3 is 2.23 bits per heavy atom. The molecule has 1 atom stereocenters. The van der Waals surface area contributed by atoms with Crippen molar-refractivity contribution in [2.75, 3.05) is 5.32 Å². The van der Waals surface area contributed by atoms with Gasteiger partial charge in [0, 0.05) is 5.69 Å². The Balaban J connectivity index is 1.32. The molecule has 0 spiro atoms. The van der Waals surface area contributed by atoms with Gasteiger partial charge in [0.25, 0.3) is 0 Å². The predicted molar refractivity (Wildman–Crippen MR) is 121 cm³/mol. The van der Waals surface area contributed by atoms with Crippen LogP contribution < -0.4 is 15.4 Å². The van der Waals surface area contributed by atoms with Crippen LogP contribution in [0.2, 0.25) is 0 Å². The van der Waals surface area contributed by atoms with E-state index in [-0.39, 0.29) is 6.04 Å². The van der Waals surface area contributed by atoms with Crippen molar-refractivity contribution < 1.29 is 14.3 Å². The highest BCUT2D eigenvalue weighted by Crippen LogP contribution is 2.25. The van der Waals surface area contributed by atoms with E-state index in [1.165, 1.54) is 24.0 Å². The lowest BCUT2D eigenvalue weighted by molar-refractivity contribution is -0.136. The second-order valence-corrected chi connectivity index (χ2v) is 7.82. The summed E-state index contributed by atoms with van der Waals surface area (Å²) < 4.78 is 5.73. The van der Waals surface area contributed by atoms with Crippen LogP contribution >= 0.6 is 0 Å². The van der Waals surface area contributed by atoms with Crippen molar-refractivity contribution in [1.29, 1.82) is 0 Å². The van der Waals surface area contributed by atoms with Crippen molar-refractivity contribution >= 4 is 17.5 Å². The van der Waals surface area contributed by atoms with E-state index >= 15 is 0 Å². The average molecular weight is 415 g/mol. The van der Waals surface area contributed by atoms with Crippen molar-refractivity contribution in [1.82, 2.24) is 5.32 Å². The van der Waals surface area contributed by atoms with E-state index < -0.39 is 11.8 Å². The number of nitrogens with one attached hydrogen (secondary N) is 2. The van der Waals surface area contributed by atoms with E-state index in [9.17, 15) is 9.59 Å². The van der Waals surface area contributed by atoms with Gasteiger partial charge in [-0.05, 0) is 85.7 Å². The zero-order valence-corrected chi connectivity index (χ0v) is 17.6. The zero-order valence-electron chi connectivity index (χ0n) is 17.6. The summed E-state index contributed by atoms with van der Waals surface area (Å²) in [5.41, 5.74) is 4.30. The number of carbonyl (C=O) groups is 2. The highest BCUT2D eigenvalue weighted by Gasteiger charge is 2.18. The molecule has 0 radical (unpaired) electrons. The molecule has 2 N–H and O–H groups in total. The summed E-state index contributed by atoms with van der Waals surface area (Å²) in [6.07, 6.45) is 4.63. The number of hydrogen-bond acceptors (Lipinski definition) is 3. The summed E-state index contributed by atoms with van der Waals surface area (Å²) >= 11 is 0. The molecule has 0 fully saturated rings. The fraction of sp³-hybridized carbons (Fsp3) is 0.231. The van der Waals surface area contributed by atoms with Crippen molar-refractivity contribution in [3.8, 4) is 11.5 Å². The molecular weight excluding hydrogens is 388 g/mol. The number of aryl methyl sites for hydroxylation is 2. The average Bonchev–Trinajstić information content (AvgIpc) is 2.80. The van der Waals surface area contributed by atoms with Crippen LogP contribution in [0.3, 0.4) is 0 Å². The molecule has 0 heterocycles. The summed E-state index contributed by atoms with van der Waals surface area (Å²) in [6.45, 7) is 1.89. The van der Waals surface area contributed by atoms with Gasteiger partial charge < -0.3 is 15.4 Å². The van der Waals surface area contributed by atoms with Gasteiger partial charge in [-0.15, -0.1) is 0 Å². The van der Waals surface area contributed by atoms with Gasteiger partial charge in [-0.3, -0.25) is 9.59 Å². The highest BCUT2D eigenvalue weighted by molar-refractivity contribution is 6.39. The first-order chi connectivity index (χ1) is 15.1. The minimum Gasteiger partial charge on any atom is -0.457 e. The molecule has 31 heavy (non-hydrogen) atoms. The van der Waals surface area contributed by atoms with Gasteiger partial charge in [0.05, 0.1) is 6.04 Å². The Hall–Kier alpha value is -3.60. The van der Waals surface area contributed by atoms with Crippen molar-refractivity contribution in [2.24, 2.45) is 0 Å². The monoisotopic (exact) mass is 414 g/mol. The summed E-state index contributed by atoms with van der Waals surface area (Å²) in [4.78, 5) is 24.7. The molecular formula is C26H26N2O3. The lowest BCUT2D eigenvalue weighted by Gasteiger charge is -2.20. The fourth-order valence-electron chi connectivity index (χ4n) is 3.79. The molecule has 1 aliphatic carbocycles. The maximum atomic E-state index is 12.4. The molecule has 0 aromatic heterocycles. The Labute approximate surface area is 182 Å². The van der Waals surface area contributed by atoms with Crippen LogP contribution in [0.1, 0.15) is 42.5 Å². The first kappa shape index (κ1) is 20.7. The van der Waals surface area contributed by atoms with Gasteiger partial charge in [-0.1, -0.05) is 36.4 Å². The van der Waals surface area contributed by atoms with E-state index in [1.54, 1.807) is 24.3 Å². The van der Waals surface area contributed by atoms with E-state index in [4.69, 9.17) is 4.74 Å². The fourth-order valence-corrected chi connectivity index (χ4v) is 3.79. The van der Waals surface area contributed by atoms with Crippen molar-refractivity contribution in [3.05, 3.63) is 89.5 Å². The van der Waals surface area contributed by atoms with Crippen LogP contribution in [0.5, 0.6) is 11.5 Å². The normalized spacial score (nSPS) is 13.6. The van der Waals surface area contributed by atoms with Gasteiger partial charge in [-0.25, -0.2) is 0 Å². The maximum Gasteiger partial charge on any atom is 0.313 e. The number of ether oxygens (including phenoxy) is 1. The second-order valence-electron chi connectivity index (χ2n) is 7.82. The van der Waals surface area contributed by atoms with Crippen LogP contribution in [-0.4, -0.2) is 11.8 Å². The Kier molecular flexibility index (Phi) is 6.32. The minimum atomic E-state index is -0.693. The third-order valence-electron chi connectivity index (χ3n) is 5.52. The number of amides is 2. The maximum absolute atomic E-state index is 12.4. The number of hydrogen-bond donors (Lipinski definition) is 2. The van der Waals surface area contributed by atoms with E-state index in [2.05, 4.69) is 22.8 Å². The van der Waals surface area contributed by atoms with Gasteiger partial charge in [0.2, 0.25) is 0 Å². The SMILES string of the molecule is CC(NC(=O)C(=O)Nc1ccc(Oc2ccccc2)cc1)c1ccc2c(c1)CCCC2. The molecule has 158 valence electrons. The van der Waals surface area contributed by atoms with Crippen LogP contribution in [0.25, 0.3) is 0 Å². The van der Waals surface area contributed by atoms with Crippen molar-refractivity contribution in [2.45, 2.75) is 38.6 Å². The van der Waals surface area contributed by atoms with E-state index in [0.29, 0.717) is 11.4 Å². The summed E-state index contributed by atoms with van der Waals surface area (Å²) in [7, 11) is 0. The minimum absolute atomic E-state index is 0.243. The number of benzene rings is 3. The van der Waals surface area contributed by atoms with E-state index in [0.717, 1.165) is 24.2 Å². The third kappa shape index (κ3) is 5.31. The molecule has 0 saturated carbocycles. The summed E-state index contributed by atoms with van der Waals surface area (Å²) in [5.74, 6) is 0.0286. The first-order valence-corrected chi connectivity index (χ1v) is 10.6. The van der Waals surface area contributed by atoms with Crippen LogP contribution in [-0.2, 0) is 22.4 Å². The Morgan fingerprint density at radius 1 is 0.806 bits per heavy atom. The molecule has 2 amide bonds. The zero-order chi connectivity index (χ0) is 21.6. The quantitative estimate of drug-likeness (QED) is 0.566. The Morgan fingerprint density at radius 2 is 1.48 bits per heavy atom. The van der Waals surface area contributed by atoms with Crippen molar-refractivity contribution in [3.63, 3.8) is 0 Å². The van der Waals surface area contributed by atoms with Crippen LogP contribution in [0.4, 0.5) is 5.69 Å². The summed E-state index contributed by atoms with van der Waals surface area (Å²) in [6, 6.07) is 22.4. The Bertz CT molecular complexity index is 1060. The highest BCUT2D eigenvalue weighted by atomic mass is 16.5. The van der Waals surface area contributed by atoms with E-state index in [1.807, 2.05) is 43.3 Å². The number of rotatable bonds is 5. The van der Waals surface area contributed by atoms with Gasteiger partial charge >= 0.3 is 11.8 Å². The van der Waals surface area contributed by atoms with Crippen LogP contribution in [0.15, 0.2) is 72.8 Å². The van der Waals surface area contributed by atoms with Gasteiger partial charge in [0.1, 0.15) is 11.5 Å².